The van der Waals surface area contributed by atoms with Crippen molar-refractivity contribution >= 4 is 17.9 Å². The first-order valence-electron chi connectivity index (χ1n) is 7.61. The van der Waals surface area contributed by atoms with Crippen LogP contribution in [0, 0.1) is 0 Å². The van der Waals surface area contributed by atoms with Crippen LogP contribution in [-0.2, 0) is 4.74 Å². The zero-order valence-electron chi connectivity index (χ0n) is 12.5. The van der Waals surface area contributed by atoms with Crippen molar-refractivity contribution in [1.29, 1.82) is 0 Å². The Morgan fingerprint density at radius 2 is 1.43 bits per heavy atom. The molecule has 0 unspecified atom stereocenters. The molecule has 108 valence electrons. The maximum atomic E-state index is 5.91. The highest BCUT2D eigenvalue weighted by molar-refractivity contribution is 7.91. The van der Waals surface area contributed by atoms with E-state index in [2.05, 4.69) is 73.1 Å². The second-order valence-electron chi connectivity index (χ2n) is 5.65. The van der Waals surface area contributed by atoms with E-state index in [-0.39, 0.29) is 0 Å². The summed E-state index contributed by atoms with van der Waals surface area (Å²) in [4.78, 5) is 0. The van der Waals surface area contributed by atoms with Crippen molar-refractivity contribution < 1.29 is 4.74 Å². The SMILES string of the molecule is C[P+](/C=C1/CCCCO1)(c1ccccc1)c1ccccc1. The number of ether oxygens (including phenoxy) is 1. The van der Waals surface area contributed by atoms with Crippen LogP contribution < -0.4 is 10.6 Å². The van der Waals surface area contributed by atoms with Gasteiger partial charge in [-0.3, -0.25) is 0 Å². The lowest BCUT2D eigenvalue weighted by atomic mass is 10.2. The Balaban J connectivity index is 2.07. The first kappa shape index (κ1) is 14.4. The third kappa shape index (κ3) is 3.19. The van der Waals surface area contributed by atoms with Gasteiger partial charge in [0.2, 0.25) is 0 Å². The first-order valence-corrected chi connectivity index (χ1v) is 9.91. The third-order valence-electron chi connectivity index (χ3n) is 4.09. The van der Waals surface area contributed by atoms with E-state index in [4.69, 9.17) is 4.74 Å². The second kappa shape index (κ2) is 6.45. The quantitative estimate of drug-likeness (QED) is 0.766. The Hall–Kier alpha value is -1.59. The van der Waals surface area contributed by atoms with Crippen LogP contribution in [0.2, 0.25) is 0 Å². The zero-order chi connectivity index (χ0) is 14.5. The molecule has 0 amide bonds. The Morgan fingerprint density at radius 3 is 1.90 bits per heavy atom. The molecule has 2 heteroatoms. The summed E-state index contributed by atoms with van der Waals surface area (Å²) < 4.78 is 5.91. The molecule has 2 aromatic rings. The number of hydrogen-bond donors (Lipinski definition) is 0. The van der Waals surface area contributed by atoms with Crippen molar-refractivity contribution in [1.82, 2.24) is 0 Å². The van der Waals surface area contributed by atoms with Gasteiger partial charge in [0.25, 0.3) is 0 Å². The van der Waals surface area contributed by atoms with E-state index in [1.165, 1.54) is 29.2 Å². The zero-order valence-corrected chi connectivity index (χ0v) is 13.4. The Morgan fingerprint density at radius 1 is 0.857 bits per heavy atom. The largest absolute Gasteiger partial charge is 0.494 e. The van der Waals surface area contributed by atoms with Gasteiger partial charge in [-0.15, -0.1) is 0 Å². The molecule has 0 spiro atoms. The fourth-order valence-corrected chi connectivity index (χ4v) is 5.80. The van der Waals surface area contributed by atoms with Gasteiger partial charge in [0.1, 0.15) is 29.4 Å². The molecular weight excluding hydrogens is 275 g/mol. The summed E-state index contributed by atoms with van der Waals surface area (Å²) in [7, 11) is -1.53. The average molecular weight is 297 g/mol. The van der Waals surface area contributed by atoms with E-state index in [1.807, 2.05) is 0 Å². The van der Waals surface area contributed by atoms with Gasteiger partial charge in [0, 0.05) is 6.42 Å². The van der Waals surface area contributed by atoms with Gasteiger partial charge in [-0.2, -0.15) is 0 Å². The second-order valence-corrected chi connectivity index (χ2v) is 9.09. The highest BCUT2D eigenvalue weighted by atomic mass is 31.2. The highest BCUT2D eigenvalue weighted by Crippen LogP contribution is 2.55. The normalized spacial score (nSPS) is 17.5. The number of allylic oxidation sites excluding steroid dienone is 1. The molecule has 1 nitrogen and oxygen atoms in total. The average Bonchev–Trinajstić information content (AvgIpc) is 2.57. The van der Waals surface area contributed by atoms with Crippen LogP contribution in [0.3, 0.4) is 0 Å². The van der Waals surface area contributed by atoms with Gasteiger partial charge >= 0.3 is 0 Å². The van der Waals surface area contributed by atoms with Gasteiger partial charge in [0.05, 0.1) is 13.3 Å². The first-order chi connectivity index (χ1) is 10.3. The van der Waals surface area contributed by atoms with Gasteiger partial charge in [0.15, 0.2) is 0 Å². The molecule has 1 aliphatic rings. The van der Waals surface area contributed by atoms with Crippen LogP contribution in [0.1, 0.15) is 19.3 Å². The minimum absolute atomic E-state index is 0.870. The predicted octanol–water partition coefficient (Wildman–Crippen LogP) is 4.33. The number of rotatable bonds is 3. The molecule has 0 aromatic heterocycles. The van der Waals surface area contributed by atoms with Gasteiger partial charge < -0.3 is 4.74 Å². The van der Waals surface area contributed by atoms with Crippen molar-refractivity contribution in [2.75, 3.05) is 13.3 Å². The van der Waals surface area contributed by atoms with Crippen molar-refractivity contribution in [3.05, 3.63) is 72.2 Å². The summed E-state index contributed by atoms with van der Waals surface area (Å²) in [6.07, 6.45) is 3.51. The molecule has 1 aliphatic heterocycles. The predicted molar refractivity (Wildman–Crippen MR) is 92.9 cm³/mol. The fraction of sp³-hybridized carbons (Fsp3) is 0.263. The topological polar surface area (TPSA) is 9.23 Å². The molecule has 1 heterocycles. The van der Waals surface area contributed by atoms with Crippen molar-refractivity contribution in [3.8, 4) is 0 Å². The van der Waals surface area contributed by atoms with Crippen LogP contribution in [0.25, 0.3) is 0 Å². The molecule has 0 atom stereocenters. The van der Waals surface area contributed by atoms with Gasteiger partial charge in [-0.25, -0.2) is 0 Å². The van der Waals surface area contributed by atoms with Crippen LogP contribution in [0.4, 0.5) is 0 Å². The van der Waals surface area contributed by atoms with Crippen molar-refractivity contribution in [2.24, 2.45) is 0 Å². The van der Waals surface area contributed by atoms with Gasteiger partial charge in [-0.05, 0) is 37.1 Å². The summed E-state index contributed by atoms with van der Waals surface area (Å²) in [5.74, 6) is 3.61. The molecule has 1 saturated heterocycles. The van der Waals surface area contributed by atoms with E-state index in [0.29, 0.717) is 0 Å². The van der Waals surface area contributed by atoms with E-state index in [9.17, 15) is 0 Å². The van der Waals surface area contributed by atoms with E-state index in [1.54, 1.807) is 0 Å². The summed E-state index contributed by atoms with van der Waals surface area (Å²) in [6.45, 7) is 3.26. The lowest BCUT2D eigenvalue weighted by Crippen LogP contribution is -2.20. The molecule has 0 N–H and O–H groups in total. The minimum atomic E-state index is -1.53. The van der Waals surface area contributed by atoms with Crippen LogP contribution in [0.5, 0.6) is 0 Å². The number of hydrogen-bond acceptors (Lipinski definition) is 1. The standard InChI is InChI=1S/C19H22OP/c1-21(18-11-4-2-5-12-18,19-13-6-3-7-14-19)16-17-10-8-9-15-20-17/h2-7,11-14,16H,8-10,15H2,1H3/q+1/b17-16-. The third-order valence-corrected chi connectivity index (χ3v) is 7.64. The Bertz CT molecular complexity index is 556. The molecule has 0 radical (unpaired) electrons. The maximum Gasteiger partial charge on any atom is 0.131 e. The number of benzene rings is 2. The summed E-state index contributed by atoms with van der Waals surface area (Å²) in [5.41, 5.74) is 0. The molecule has 1 fully saturated rings. The fourth-order valence-electron chi connectivity index (χ4n) is 2.84. The Labute approximate surface area is 128 Å². The van der Waals surface area contributed by atoms with E-state index >= 15 is 0 Å². The summed E-state index contributed by atoms with van der Waals surface area (Å²) >= 11 is 0. The highest BCUT2D eigenvalue weighted by Gasteiger charge is 2.36. The lowest BCUT2D eigenvalue weighted by molar-refractivity contribution is 0.167. The molecule has 3 rings (SSSR count). The van der Waals surface area contributed by atoms with Crippen molar-refractivity contribution in [3.63, 3.8) is 0 Å². The molecule has 2 aromatic carbocycles. The molecule has 21 heavy (non-hydrogen) atoms. The lowest BCUT2D eigenvalue weighted by Gasteiger charge is -2.22. The van der Waals surface area contributed by atoms with E-state index in [0.717, 1.165) is 13.0 Å². The summed E-state index contributed by atoms with van der Waals surface area (Å²) in [6, 6.07) is 21.7. The van der Waals surface area contributed by atoms with Crippen molar-refractivity contribution in [2.45, 2.75) is 19.3 Å². The van der Waals surface area contributed by atoms with Gasteiger partial charge in [-0.1, -0.05) is 36.4 Å². The molecular formula is C19H22OP+. The monoisotopic (exact) mass is 297 g/mol. The molecule has 0 aliphatic carbocycles. The van der Waals surface area contributed by atoms with Crippen LogP contribution in [0.15, 0.2) is 72.2 Å². The van der Waals surface area contributed by atoms with Crippen LogP contribution in [-0.4, -0.2) is 13.3 Å². The minimum Gasteiger partial charge on any atom is -0.494 e. The molecule has 0 saturated carbocycles. The molecule has 0 bridgehead atoms. The Kier molecular flexibility index (Phi) is 4.41. The van der Waals surface area contributed by atoms with E-state index < -0.39 is 7.26 Å². The smallest absolute Gasteiger partial charge is 0.131 e. The van der Waals surface area contributed by atoms with Crippen LogP contribution >= 0.6 is 7.26 Å². The maximum absolute atomic E-state index is 5.91. The summed E-state index contributed by atoms with van der Waals surface area (Å²) in [5, 5.41) is 2.83.